The number of rotatable bonds is 0. The van der Waals surface area contributed by atoms with Gasteiger partial charge in [-0.2, -0.15) is 0 Å². The molecule has 0 unspecified atom stereocenters. The van der Waals surface area contributed by atoms with Crippen molar-refractivity contribution in [1.29, 1.82) is 5.41 Å². The molecule has 0 spiro atoms. The first-order valence-corrected chi connectivity index (χ1v) is 9.78. The summed E-state index contributed by atoms with van der Waals surface area (Å²) in [6.45, 7) is 8.82. The Morgan fingerprint density at radius 3 is 1.89 bits per heavy atom. The lowest BCUT2D eigenvalue weighted by Crippen LogP contribution is -2.35. The highest BCUT2D eigenvalue weighted by Gasteiger charge is 2.17. The molecule has 0 aromatic heterocycles. The van der Waals surface area contributed by atoms with Crippen LogP contribution in [0.15, 0.2) is 35.6 Å². The van der Waals surface area contributed by atoms with E-state index in [1.54, 1.807) is 0 Å². The van der Waals surface area contributed by atoms with Crippen LogP contribution in [0.1, 0.15) is 0 Å². The van der Waals surface area contributed by atoms with Crippen molar-refractivity contribution in [1.82, 2.24) is 9.80 Å². The van der Waals surface area contributed by atoms with Crippen molar-refractivity contribution in [3.63, 3.8) is 0 Å². The van der Waals surface area contributed by atoms with E-state index in [0.717, 1.165) is 43.9 Å². The maximum absolute atomic E-state index is 8.66. The van der Waals surface area contributed by atoms with Gasteiger partial charge in [0.25, 0.3) is 0 Å². The molecule has 0 aromatic rings. The zero-order valence-corrected chi connectivity index (χ0v) is 16.0. The first-order chi connectivity index (χ1) is 13.3. The van der Waals surface area contributed by atoms with Gasteiger partial charge in [0.1, 0.15) is 0 Å². The molecule has 7 heteroatoms. The summed E-state index contributed by atoms with van der Waals surface area (Å²) < 4.78 is 22.9. The molecule has 7 nitrogen and oxygen atoms in total. The number of hydrogen-bond donors (Lipinski definition) is 1. The summed E-state index contributed by atoms with van der Waals surface area (Å²) in [5.41, 5.74) is 2.55. The quantitative estimate of drug-likeness (QED) is 0.682. The monoisotopic (exact) mass is 377 g/mol. The maximum Gasteiger partial charge on any atom is 0.0701 e. The van der Waals surface area contributed by atoms with Gasteiger partial charge in [-0.1, -0.05) is 18.2 Å². The second-order valence-corrected chi connectivity index (χ2v) is 6.77. The molecule has 1 aliphatic carbocycles. The summed E-state index contributed by atoms with van der Waals surface area (Å²) in [7, 11) is 0. The molecule has 2 aliphatic heterocycles. The fraction of sp³-hybridized carbons (Fsp3) is 0.650. The lowest BCUT2D eigenvalue weighted by Gasteiger charge is -2.25. The van der Waals surface area contributed by atoms with E-state index >= 15 is 0 Å². The van der Waals surface area contributed by atoms with Gasteiger partial charge in [-0.3, -0.25) is 10.3 Å². The van der Waals surface area contributed by atoms with Crippen molar-refractivity contribution in [2.24, 2.45) is 0 Å². The maximum atomic E-state index is 8.66. The third kappa shape index (κ3) is 6.86. The minimum Gasteiger partial charge on any atom is -0.378 e. The van der Waals surface area contributed by atoms with Crippen LogP contribution in [-0.4, -0.2) is 101 Å². The van der Waals surface area contributed by atoms with Crippen LogP contribution < -0.4 is 0 Å². The zero-order chi connectivity index (χ0) is 18.7. The molecule has 4 bridgehead atoms. The van der Waals surface area contributed by atoms with Crippen LogP contribution in [0.2, 0.25) is 0 Å². The van der Waals surface area contributed by atoms with Crippen LogP contribution >= 0.6 is 0 Å². The molecule has 2 heterocycles. The first-order valence-electron chi connectivity index (χ1n) is 9.78. The van der Waals surface area contributed by atoms with E-state index in [1.807, 2.05) is 18.2 Å². The van der Waals surface area contributed by atoms with E-state index in [0.29, 0.717) is 58.6 Å². The summed E-state index contributed by atoms with van der Waals surface area (Å²) in [4.78, 5) is 4.46. The third-order valence-corrected chi connectivity index (χ3v) is 4.79. The van der Waals surface area contributed by atoms with E-state index in [9.17, 15) is 0 Å². The van der Waals surface area contributed by atoms with E-state index in [4.69, 9.17) is 24.4 Å². The smallest absolute Gasteiger partial charge is 0.0701 e. The SMILES string of the molecule is N=C1C2=CN3CCOCCOCCN(CCOCCOCC3)CC1=CC=C2. The van der Waals surface area contributed by atoms with Crippen LogP contribution in [0, 0.1) is 5.41 Å². The molecule has 0 atom stereocenters. The highest BCUT2D eigenvalue weighted by atomic mass is 16.5. The summed E-state index contributed by atoms with van der Waals surface area (Å²) in [5, 5.41) is 8.66. The van der Waals surface area contributed by atoms with Gasteiger partial charge >= 0.3 is 0 Å². The number of fused-ring (bicyclic) bond motifs is 2. The van der Waals surface area contributed by atoms with Gasteiger partial charge in [0.2, 0.25) is 0 Å². The topological polar surface area (TPSA) is 67.3 Å². The van der Waals surface area contributed by atoms with Crippen molar-refractivity contribution in [2.75, 3.05) is 85.6 Å². The van der Waals surface area contributed by atoms with Gasteiger partial charge in [0, 0.05) is 44.5 Å². The van der Waals surface area contributed by atoms with E-state index in [-0.39, 0.29) is 0 Å². The lowest BCUT2D eigenvalue weighted by molar-refractivity contribution is 0.0140. The first kappa shape index (κ1) is 20.2. The second kappa shape index (κ2) is 11.4. The largest absolute Gasteiger partial charge is 0.378 e. The fourth-order valence-corrected chi connectivity index (χ4v) is 3.20. The molecule has 0 amide bonds. The van der Waals surface area contributed by atoms with Gasteiger partial charge in [0.05, 0.1) is 58.6 Å². The summed E-state index contributed by atoms with van der Waals surface area (Å²) in [6.07, 6.45) is 8.15. The average Bonchev–Trinajstić information content (AvgIpc) is 2.67. The minimum atomic E-state index is 0.584. The van der Waals surface area contributed by atoms with Crippen molar-refractivity contribution in [2.45, 2.75) is 0 Å². The Morgan fingerprint density at radius 1 is 0.741 bits per heavy atom. The van der Waals surface area contributed by atoms with Crippen LogP contribution in [0.25, 0.3) is 0 Å². The van der Waals surface area contributed by atoms with Gasteiger partial charge in [-0.25, -0.2) is 0 Å². The van der Waals surface area contributed by atoms with Crippen LogP contribution in [0.4, 0.5) is 0 Å². The average molecular weight is 377 g/mol. The molecular weight excluding hydrogens is 346 g/mol. The molecule has 150 valence electrons. The highest BCUT2D eigenvalue weighted by molar-refractivity contribution is 6.13. The Balaban J connectivity index is 1.82. The third-order valence-electron chi connectivity index (χ3n) is 4.79. The Bertz CT molecular complexity index is 554. The molecule has 3 aliphatic rings. The predicted octanol–water partition coefficient (Wildman–Crippen LogP) is 1.08. The number of nitrogens with one attached hydrogen (secondary N) is 1. The van der Waals surface area contributed by atoms with Gasteiger partial charge in [-0.05, 0) is 5.57 Å². The zero-order valence-electron chi connectivity index (χ0n) is 16.0. The molecule has 0 radical (unpaired) electrons. The number of hydrogen-bond acceptors (Lipinski definition) is 7. The minimum absolute atomic E-state index is 0.584. The van der Waals surface area contributed by atoms with Gasteiger partial charge in [-0.15, -0.1) is 0 Å². The predicted molar refractivity (Wildman–Crippen MR) is 104 cm³/mol. The highest BCUT2D eigenvalue weighted by Crippen LogP contribution is 2.17. The Hall–Kier alpha value is -1.51. The van der Waals surface area contributed by atoms with Gasteiger partial charge in [0.15, 0.2) is 0 Å². The summed E-state index contributed by atoms with van der Waals surface area (Å²) in [6, 6.07) is 0. The normalized spacial score (nSPS) is 24.9. The Kier molecular flexibility index (Phi) is 8.51. The summed E-state index contributed by atoms with van der Waals surface area (Å²) in [5.74, 6) is 0. The molecule has 27 heavy (non-hydrogen) atoms. The number of nitrogens with zero attached hydrogens (tertiary/aromatic N) is 2. The standard InChI is InChI=1S/C20H31N3O4/c21-20-18-2-1-3-19(20)17-23-6-10-26-14-12-24-8-4-22(16-18)5-9-25-13-15-27-11-7-23/h1-3,16,21H,4-15,17H2. The molecule has 0 saturated carbocycles. The van der Waals surface area contributed by atoms with E-state index in [1.165, 1.54) is 0 Å². The molecule has 3 rings (SSSR count). The fourth-order valence-electron chi connectivity index (χ4n) is 3.20. The van der Waals surface area contributed by atoms with Crippen LogP contribution in [-0.2, 0) is 18.9 Å². The van der Waals surface area contributed by atoms with E-state index < -0.39 is 0 Å². The van der Waals surface area contributed by atoms with Crippen molar-refractivity contribution in [3.05, 3.63) is 35.6 Å². The van der Waals surface area contributed by atoms with Crippen LogP contribution in [0.3, 0.4) is 0 Å². The van der Waals surface area contributed by atoms with Crippen LogP contribution in [0.5, 0.6) is 0 Å². The number of ether oxygens (including phenoxy) is 4. The Labute approximate surface area is 161 Å². The number of allylic oxidation sites excluding steroid dienone is 4. The molecule has 0 aromatic carbocycles. The lowest BCUT2D eigenvalue weighted by atomic mass is 9.97. The second-order valence-electron chi connectivity index (χ2n) is 6.77. The molecule has 0 saturated heterocycles. The summed E-state index contributed by atoms with van der Waals surface area (Å²) >= 11 is 0. The molecular formula is C20H31N3O4. The Morgan fingerprint density at radius 2 is 1.30 bits per heavy atom. The molecule has 1 N–H and O–H groups in total. The van der Waals surface area contributed by atoms with Crippen molar-refractivity contribution in [3.8, 4) is 0 Å². The van der Waals surface area contributed by atoms with Crippen molar-refractivity contribution < 1.29 is 18.9 Å². The van der Waals surface area contributed by atoms with Crippen molar-refractivity contribution >= 4 is 5.71 Å². The molecule has 0 fully saturated rings. The van der Waals surface area contributed by atoms with E-state index in [2.05, 4.69) is 16.0 Å². The van der Waals surface area contributed by atoms with Gasteiger partial charge < -0.3 is 23.8 Å².